The van der Waals surface area contributed by atoms with E-state index in [2.05, 4.69) is 44.1 Å². The minimum atomic E-state index is -0.118. The standard InChI is InChI=1S/C15H24N2O/c1-14(2)9-12(15(3,4)18-14)13(16-5)11-7-6-8-17-10-11/h6-8,10,12-13,16H,9H2,1-5H3. The first kappa shape index (κ1) is 13.5. The second kappa shape index (κ2) is 4.63. The molecule has 2 atom stereocenters. The predicted molar refractivity (Wildman–Crippen MR) is 73.4 cm³/mol. The van der Waals surface area contributed by atoms with Crippen LogP contribution in [0.4, 0.5) is 0 Å². The smallest absolute Gasteiger partial charge is 0.0681 e. The van der Waals surface area contributed by atoms with E-state index in [1.165, 1.54) is 5.56 Å². The molecule has 1 aliphatic heterocycles. The van der Waals surface area contributed by atoms with Crippen LogP contribution in [0.1, 0.15) is 45.7 Å². The van der Waals surface area contributed by atoms with Gasteiger partial charge in [0.05, 0.1) is 11.2 Å². The molecule has 3 nitrogen and oxygen atoms in total. The van der Waals surface area contributed by atoms with Crippen LogP contribution >= 0.6 is 0 Å². The highest BCUT2D eigenvalue weighted by Gasteiger charge is 2.49. The Balaban J connectivity index is 2.29. The fraction of sp³-hybridized carbons (Fsp3) is 0.667. The van der Waals surface area contributed by atoms with Gasteiger partial charge in [-0.3, -0.25) is 4.98 Å². The highest BCUT2D eigenvalue weighted by molar-refractivity contribution is 5.17. The van der Waals surface area contributed by atoms with Crippen molar-refractivity contribution < 1.29 is 4.74 Å². The molecule has 1 aromatic heterocycles. The van der Waals surface area contributed by atoms with Gasteiger partial charge < -0.3 is 10.1 Å². The zero-order chi connectivity index (χ0) is 13.4. The molecule has 1 fully saturated rings. The number of nitrogens with one attached hydrogen (secondary N) is 1. The van der Waals surface area contributed by atoms with Gasteiger partial charge in [-0.2, -0.15) is 0 Å². The van der Waals surface area contributed by atoms with Crippen LogP contribution in [0.3, 0.4) is 0 Å². The molecule has 2 rings (SSSR count). The number of pyridine rings is 1. The van der Waals surface area contributed by atoms with Gasteiger partial charge in [0.25, 0.3) is 0 Å². The van der Waals surface area contributed by atoms with Gasteiger partial charge in [0.1, 0.15) is 0 Å². The quantitative estimate of drug-likeness (QED) is 0.893. The lowest BCUT2D eigenvalue weighted by molar-refractivity contribution is -0.0776. The molecule has 100 valence electrons. The molecule has 0 bridgehead atoms. The Hall–Kier alpha value is -0.930. The van der Waals surface area contributed by atoms with E-state index < -0.39 is 0 Å². The summed E-state index contributed by atoms with van der Waals surface area (Å²) >= 11 is 0. The maximum atomic E-state index is 6.19. The second-order valence-corrected chi connectivity index (χ2v) is 6.33. The van der Waals surface area contributed by atoms with E-state index in [1.54, 1.807) is 0 Å². The average molecular weight is 248 g/mol. The van der Waals surface area contributed by atoms with Crippen LogP contribution in [0.5, 0.6) is 0 Å². The molecular formula is C15H24N2O. The van der Waals surface area contributed by atoms with Crippen LogP contribution in [0.2, 0.25) is 0 Å². The molecule has 0 saturated carbocycles. The third-order valence-electron chi connectivity index (χ3n) is 3.90. The van der Waals surface area contributed by atoms with Crippen molar-refractivity contribution in [2.45, 2.75) is 51.4 Å². The molecule has 0 aromatic carbocycles. The summed E-state index contributed by atoms with van der Waals surface area (Å²) in [6, 6.07) is 4.42. The third-order valence-corrected chi connectivity index (χ3v) is 3.90. The second-order valence-electron chi connectivity index (χ2n) is 6.33. The molecule has 18 heavy (non-hydrogen) atoms. The van der Waals surface area contributed by atoms with Gasteiger partial charge in [-0.1, -0.05) is 6.07 Å². The van der Waals surface area contributed by atoms with Crippen LogP contribution in [0.25, 0.3) is 0 Å². The topological polar surface area (TPSA) is 34.2 Å². The van der Waals surface area contributed by atoms with Gasteiger partial charge in [0.2, 0.25) is 0 Å². The van der Waals surface area contributed by atoms with E-state index in [9.17, 15) is 0 Å². The zero-order valence-electron chi connectivity index (χ0n) is 12.0. The first-order chi connectivity index (χ1) is 8.36. The van der Waals surface area contributed by atoms with Crippen molar-refractivity contribution in [3.05, 3.63) is 30.1 Å². The van der Waals surface area contributed by atoms with Gasteiger partial charge in [-0.25, -0.2) is 0 Å². The number of aromatic nitrogens is 1. The van der Waals surface area contributed by atoms with E-state index in [4.69, 9.17) is 4.74 Å². The van der Waals surface area contributed by atoms with Crippen LogP contribution in [0.15, 0.2) is 24.5 Å². The van der Waals surface area contributed by atoms with E-state index in [1.807, 2.05) is 25.5 Å². The molecule has 2 heterocycles. The van der Waals surface area contributed by atoms with Crippen molar-refractivity contribution in [3.63, 3.8) is 0 Å². The zero-order valence-corrected chi connectivity index (χ0v) is 12.0. The number of ether oxygens (including phenoxy) is 1. The summed E-state index contributed by atoms with van der Waals surface area (Å²) in [4.78, 5) is 4.23. The summed E-state index contributed by atoms with van der Waals surface area (Å²) in [6.45, 7) is 8.72. The van der Waals surface area contributed by atoms with E-state index in [0.29, 0.717) is 5.92 Å². The van der Waals surface area contributed by atoms with E-state index in [-0.39, 0.29) is 17.2 Å². The van der Waals surface area contributed by atoms with Crippen LogP contribution < -0.4 is 5.32 Å². The van der Waals surface area contributed by atoms with Crippen LogP contribution in [0, 0.1) is 5.92 Å². The van der Waals surface area contributed by atoms with Gasteiger partial charge in [-0.05, 0) is 52.8 Å². The number of rotatable bonds is 3. The Kier molecular flexibility index (Phi) is 3.47. The fourth-order valence-corrected chi connectivity index (χ4v) is 3.28. The Labute approximate surface area is 110 Å². The highest BCUT2D eigenvalue weighted by Crippen LogP contribution is 2.47. The molecule has 0 spiro atoms. The van der Waals surface area contributed by atoms with E-state index >= 15 is 0 Å². The Morgan fingerprint density at radius 1 is 1.39 bits per heavy atom. The van der Waals surface area contributed by atoms with Crippen molar-refractivity contribution >= 4 is 0 Å². The summed E-state index contributed by atoms with van der Waals surface area (Å²) in [6.07, 6.45) is 4.82. The average Bonchev–Trinajstić information content (AvgIpc) is 2.50. The van der Waals surface area contributed by atoms with Crippen LogP contribution in [-0.4, -0.2) is 23.2 Å². The predicted octanol–water partition coefficient (Wildman–Crippen LogP) is 2.94. The number of nitrogens with zero attached hydrogens (tertiary/aromatic N) is 1. The summed E-state index contributed by atoms with van der Waals surface area (Å²) in [5.41, 5.74) is 1.07. The fourth-order valence-electron chi connectivity index (χ4n) is 3.28. The molecule has 1 aliphatic rings. The van der Waals surface area contributed by atoms with E-state index in [0.717, 1.165) is 6.42 Å². The molecule has 0 radical (unpaired) electrons. The first-order valence-corrected chi connectivity index (χ1v) is 6.63. The Morgan fingerprint density at radius 2 is 2.11 bits per heavy atom. The third kappa shape index (κ3) is 2.57. The summed E-state index contributed by atoms with van der Waals surface area (Å²) in [7, 11) is 2.01. The molecule has 3 heteroatoms. The number of hydrogen-bond acceptors (Lipinski definition) is 3. The lowest BCUT2D eigenvalue weighted by Gasteiger charge is -2.33. The van der Waals surface area contributed by atoms with Crippen molar-refractivity contribution in [1.29, 1.82) is 0 Å². The lowest BCUT2D eigenvalue weighted by atomic mass is 9.79. The van der Waals surface area contributed by atoms with Gasteiger partial charge in [0, 0.05) is 24.4 Å². The minimum Gasteiger partial charge on any atom is -0.369 e. The van der Waals surface area contributed by atoms with Gasteiger partial charge in [0.15, 0.2) is 0 Å². The maximum absolute atomic E-state index is 6.19. The van der Waals surface area contributed by atoms with Gasteiger partial charge >= 0.3 is 0 Å². The normalized spacial score (nSPS) is 27.1. The Bertz CT molecular complexity index is 400. The lowest BCUT2D eigenvalue weighted by Crippen LogP contribution is -2.37. The largest absolute Gasteiger partial charge is 0.369 e. The highest BCUT2D eigenvalue weighted by atomic mass is 16.5. The van der Waals surface area contributed by atoms with Crippen molar-refractivity contribution in [3.8, 4) is 0 Å². The maximum Gasteiger partial charge on any atom is 0.0681 e. The minimum absolute atomic E-state index is 0.0501. The summed E-state index contributed by atoms with van der Waals surface area (Å²) < 4.78 is 6.19. The molecule has 1 aromatic rings. The molecule has 1 saturated heterocycles. The van der Waals surface area contributed by atoms with Crippen LogP contribution in [-0.2, 0) is 4.74 Å². The molecular weight excluding hydrogens is 224 g/mol. The summed E-state index contributed by atoms with van der Waals surface area (Å²) in [5, 5.41) is 3.43. The van der Waals surface area contributed by atoms with Crippen molar-refractivity contribution in [1.82, 2.24) is 10.3 Å². The molecule has 2 unspecified atom stereocenters. The molecule has 0 aliphatic carbocycles. The SMILES string of the molecule is CNC(c1cccnc1)C1CC(C)(C)OC1(C)C. The van der Waals surface area contributed by atoms with Gasteiger partial charge in [-0.15, -0.1) is 0 Å². The first-order valence-electron chi connectivity index (χ1n) is 6.63. The molecule has 0 amide bonds. The summed E-state index contributed by atoms with van der Waals surface area (Å²) in [5.74, 6) is 0.446. The monoisotopic (exact) mass is 248 g/mol. The van der Waals surface area contributed by atoms with Crippen molar-refractivity contribution in [2.24, 2.45) is 5.92 Å². The van der Waals surface area contributed by atoms with Crippen molar-refractivity contribution in [2.75, 3.05) is 7.05 Å². The number of hydrogen-bond donors (Lipinski definition) is 1. The Morgan fingerprint density at radius 3 is 2.56 bits per heavy atom. The molecule has 1 N–H and O–H groups in total.